The van der Waals surface area contributed by atoms with Crippen LogP contribution in [-0.4, -0.2) is 66.2 Å². The molecule has 5 rings (SSSR count). The second-order valence-electron chi connectivity index (χ2n) is 8.20. The van der Waals surface area contributed by atoms with Gasteiger partial charge in [-0.2, -0.15) is 4.31 Å². The maximum Gasteiger partial charge on any atom is 0.267 e. The second kappa shape index (κ2) is 8.73. The summed E-state index contributed by atoms with van der Waals surface area (Å²) in [6.45, 7) is 2.93. The van der Waals surface area contributed by atoms with E-state index in [1.165, 1.54) is 27.6 Å². The molecule has 0 saturated carbocycles. The molecule has 3 aromatic rings. The van der Waals surface area contributed by atoms with Gasteiger partial charge < -0.3 is 14.9 Å². The first-order chi connectivity index (χ1) is 15.9. The van der Waals surface area contributed by atoms with Gasteiger partial charge in [-0.15, -0.1) is 5.10 Å². The van der Waals surface area contributed by atoms with Crippen molar-refractivity contribution in [3.8, 4) is 0 Å². The minimum Gasteiger partial charge on any atom is -0.382 e. The van der Waals surface area contributed by atoms with E-state index in [-0.39, 0.29) is 10.8 Å². The Balaban J connectivity index is 1.33. The molecule has 1 aromatic heterocycles. The number of amides is 1. The quantitative estimate of drug-likeness (QED) is 0.578. The first-order valence-corrected chi connectivity index (χ1v) is 12.4. The summed E-state index contributed by atoms with van der Waals surface area (Å²) in [7, 11) is -3.69. The molecule has 1 amide bonds. The number of aryl methyl sites for hydroxylation is 2. The predicted octanol–water partition coefficient (Wildman–Crippen LogP) is 1.40. The van der Waals surface area contributed by atoms with Crippen molar-refractivity contribution in [2.24, 2.45) is 0 Å². The Morgan fingerprint density at radius 1 is 1.12 bits per heavy atom. The number of ether oxygens (including phenoxy) is 1. The van der Waals surface area contributed by atoms with Crippen LogP contribution in [0.2, 0.25) is 0 Å². The smallest absolute Gasteiger partial charge is 0.267 e. The molecule has 1 saturated heterocycles. The number of nitrogens with zero attached hydrogens (tertiary/aromatic N) is 4. The topological polar surface area (TPSA) is 116 Å². The lowest BCUT2D eigenvalue weighted by Crippen LogP contribution is -2.40. The number of nitrogens with one attached hydrogen (secondary N) is 1. The number of fused-ring (bicyclic) bond motifs is 2. The Bertz CT molecular complexity index is 1300. The zero-order valence-corrected chi connectivity index (χ0v) is 19.0. The number of aromatic nitrogens is 3. The number of carbonyl (C=O) groups is 1. The van der Waals surface area contributed by atoms with Crippen LogP contribution in [0, 0.1) is 0 Å². The molecule has 0 bridgehead atoms. The summed E-state index contributed by atoms with van der Waals surface area (Å²) in [5.74, 6) is -0.339. The van der Waals surface area contributed by atoms with Gasteiger partial charge in [-0.05, 0) is 72.9 Å². The first kappa shape index (κ1) is 21.8. The highest BCUT2D eigenvalue weighted by Crippen LogP contribution is 2.25. The summed E-state index contributed by atoms with van der Waals surface area (Å²) >= 11 is 0. The third-order valence-corrected chi connectivity index (χ3v) is 7.88. The summed E-state index contributed by atoms with van der Waals surface area (Å²) < 4.78 is 32.6. The van der Waals surface area contributed by atoms with Crippen LogP contribution >= 0.6 is 0 Å². The van der Waals surface area contributed by atoms with E-state index < -0.39 is 16.1 Å². The molecule has 1 unspecified atom stereocenters. The van der Waals surface area contributed by atoms with Crippen molar-refractivity contribution in [3.05, 3.63) is 47.5 Å². The van der Waals surface area contributed by atoms with Gasteiger partial charge in [-0.1, -0.05) is 10.9 Å². The first-order valence-electron chi connectivity index (χ1n) is 10.9. The summed E-state index contributed by atoms with van der Waals surface area (Å²) in [5, 5.41) is 10.8. The van der Waals surface area contributed by atoms with Crippen molar-refractivity contribution in [2.45, 2.75) is 37.2 Å². The lowest BCUT2D eigenvalue weighted by atomic mass is 10.1. The summed E-state index contributed by atoms with van der Waals surface area (Å²) in [5.41, 5.74) is 4.13. The molecule has 1 aliphatic carbocycles. The third-order valence-electron chi connectivity index (χ3n) is 5.99. The van der Waals surface area contributed by atoms with E-state index in [0.717, 1.165) is 29.8 Å². The van der Waals surface area contributed by atoms with Crippen LogP contribution in [-0.2, 0) is 32.4 Å². The van der Waals surface area contributed by atoms with Gasteiger partial charge in [0.05, 0.1) is 18.1 Å². The van der Waals surface area contributed by atoms with Gasteiger partial charge in [0, 0.05) is 18.8 Å². The molecule has 1 atom stereocenters. The van der Waals surface area contributed by atoms with Gasteiger partial charge in [0.1, 0.15) is 11.0 Å². The monoisotopic (exact) mass is 471 g/mol. The normalized spacial score (nSPS) is 17.6. The molecular formula is C22H25N5O5S. The van der Waals surface area contributed by atoms with E-state index in [1.807, 2.05) is 18.2 Å². The Labute approximate surface area is 191 Å². The largest absolute Gasteiger partial charge is 0.382 e. The molecule has 1 aliphatic heterocycles. The summed E-state index contributed by atoms with van der Waals surface area (Å²) in [4.78, 5) is 19.6. The maximum absolute atomic E-state index is 13.0. The van der Waals surface area contributed by atoms with Crippen LogP contribution in [0.4, 0.5) is 5.69 Å². The molecule has 33 heavy (non-hydrogen) atoms. The van der Waals surface area contributed by atoms with E-state index >= 15 is 0 Å². The highest BCUT2D eigenvalue weighted by Gasteiger charge is 2.27. The van der Waals surface area contributed by atoms with Crippen LogP contribution in [0.5, 0.6) is 0 Å². The zero-order valence-electron chi connectivity index (χ0n) is 18.2. The molecule has 174 valence electrons. The number of rotatable bonds is 6. The van der Waals surface area contributed by atoms with E-state index in [2.05, 4.69) is 15.6 Å². The van der Waals surface area contributed by atoms with Crippen LogP contribution < -0.4 is 10.2 Å². The Morgan fingerprint density at radius 3 is 2.73 bits per heavy atom. The van der Waals surface area contributed by atoms with Gasteiger partial charge in [0.25, 0.3) is 5.91 Å². The molecule has 1 N–H and O–H groups in total. The van der Waals surface area contributed by atoms with Gasteiger partial charge in [-0.3, -0.25) is 4.79 Å². The van der Waals surface area contributed by atoms with Gasteiger partial charge in [0.2, 0.25) is 16.1 Å². The van der Waals surface area contributed by atoms with E-state index in [9.17, 15) is 13.2 Å². The number of carbonyl (C=O) groups excluding carboxylic acids is 1. The summed E-state index contributed by atoms with van der Waals surface area (Å²) in [6.07, 6.45) is 2.34. The number of anilines is 1. The molecular weight excluding hydrogens is 446 g/mol. The molecule has 2 aliphatic rings. The van der Waals surface area contributed by atoms with E-state index in [0.29, 0.717) is 37.3 Å². The number of hydrogen-bond acceptors (Lipinski definition) is 7. The fourth-order valence-electron chi connectivity index (χ4n) is 4.14. The number of sulfonamides is 1. The predicted molar refractivity (Wildman–Crippen MR) is 120 cm³/mol. The van der Waals surface area contributed by atoms with Gasteiger partial charge >= 0.3 is 0 Å². The third kappa shape index (κ3) is 4.31. The molecule has 2 heterocycles. The fourth-order valence-corrected chi connectivity index (χ4v) is 5.57. The lowest BCUT2D eigenvalue weighted by molar-refractivity contribution is -0.127. The minimum absolute atomic E-state index is 0.110. The van der Waals surface area contributed by atoms with Crippen LogP contribution in [0.15, 0.2) is 41.3 Å². The van der Waals surface area contributed by atoms with Crippen LogP contribution in [0.3, 0.4) is 0 Å². The van der Waals surface area contributed by atoms with Crippen LogP contribution in [0.25, 0.3) is 11.0 Å². The molecule has 1 fully saturated rings. The molecule has 10 nitrogen and oxygen atoms in total. The average molecular weight is 472 g/mol. The Hall–Kier alpha value is -3.02. The number of morpholine rings is 1. The van der Waals surface area contributed by atoms with Crippen molar-refractivity contribution < 1.29 is 22.8 Å². The Kier molecular flexibility index (Phi) is 5.77. The molecule has 11 heteroatoms. The number of hydrogen-bond donors (Lipinski definition) is 1. The van der Waals surface area contributed by atoms with Gasteiger partial charge in [0.15, 0.2) is 0 Å². The molecule has 0 radical (unpaired) electrons. The second-order valence-corrected chi connectivity index (χ2v) is 10.1. The van der Waals surface area contributed by atoms with E-state index in [1.54, 1.807) is 13.0 Å². The molecule has 0 spiro atoms. The minimum atomic E-state index is -3.69. The van der Waals surface area contributed by atoms with E-state index in [4.69, 9.17) is 9.57 Å². The van der Waals surface area contributed by atoms with Crippen molar-refractivity contribution in [1.82, 2.24) is 19.5 Å². The lowest BCUT2D eigenvalue weighted by Gasteiger charge is -2.26. The van der Waals surface area contributed by atoms with Crippen molar-refractivity contribution in [2.75, 3.05) is 31.6 Å². The van der Waals surface area contributed by atoms with Gasteiger partial charge in [-0.25, -0.2) is 8.42 Å². The Morgan fingerprint density at radius 2 is 1.91 bits per heavy atom. The van der Waals surface area contributed by atoms with Crippen molar-refractivity contribution in [1.29, 1.82) is 0 Å². The standard InChI is InChI=1S/C22H25N5O5S/c1-15(22(28)23-18-6-5-16-3-2-4-17(16)13-18)32-27-21-14-19(7-8-20(21)24-25-27)33(29,30)26-9-11-31-12-10-26/h5-8,13-15H,2-4,9-12H2,1H3,(H,23,28). The van der Waals surface area contributed by atoms with Crippen molar-refractivity contribution in [3.63, 3.8) is 0 Å². The van der Waals surface area contributed by atoms with Crippen molar-refractivity contribution >= 4 is 32.7 Å². The van der Waals surface area contributed by atoms with Crippen LogP contribution in [0.1, 0.15) is 24.5 Å². The maximum atomic E-state index is 13.0. The zero-order chi connectivity index (χ0) is 23.0. The number of benzene rings is 2. The SMILES string of the molecule is CC(On1nnc2ccc(S(=O)(=O)N3CCOCC3)cc21)C(=O)Nc1ccc2c(c1)CCC2. The summed E-state index contributed by atoms with van der Waals surface area (Å²) in [6, 6.07) is 10.5. The fraction of sp³-hybridized carbons (Fsp3) is 0.409. The molecule has 2 aromatic carbocycles. The average Bonchev–Trinajstić information content (AvgIpc) is 3.46. The highest BCUT2D eigenvalue weighted by molar-refractivity contribution is 7.89. The highest BCUT2D eigenvalue weighted by atomic mass is 32.2.